The summed E-state index contributed by atoms with van der Waals surface area (Å²) < 4.78 is 2.38. The number of nitrogens with zero attached hydrogens (tertiary/aromatic N) is 2. The van der Waals surface area contributed by atoms with Crippen LogP contribution in [0, 0.1) is 0 Å². The molecular weight excluding hydrogens is 1230 g/mol. The van der Waals surface area contributed by atoms with E-state index in [2.05, 4.69) is 380 Å². The molecule has 0 bridgehead atoms. The smallest absolute Gasteiger partial charge is 0.0541 e. The number of aromatic nitrogens is 1. The second-order valence-electron chi connectivity index (χ2n) is 31.2. The highest BCUT2D eigenvalue weighted by Crippen LogP contribution is 2.57. The molecule has 0 atom stereocenters. The fraction of sp³-hybridized carbons (Fsp3) is 0.120. The topological polar surface area (TPSA) is 8.17 Å². The van der Waals surface area contributed by atoms with Crippen molar-refractivity contribution in [2.45, 2.75) is 77.0 Å². The van der Waals surface area contributed by atoms with Crippen molar-refractivity contribution >= 4 is 71.2 Å². The van der Waals surface area contributed by atoms with Crippen LogP contribution in [0.15, 0.2) is 315 Å². The number of hydrogen-bond donors (Lipinski definition) is 0. The van der Waals surface area contributed by atoms with E-state index >= 15 is 0 Å². The van der Waals surface area contributed by atoms with Crippen molar-refractivity contribution in [3.05, 3.63) is 360 Å². The highest BCUT2D eigenvalue weighted by molar-refractivity contribution is 6.26. The Hall–Kier alpha value is -11.8. The van der Waals surface area contributed by atoms with Crippen molar-refractivity contribution in [1.82, 2.24) is 4.57 Å². The Labute approximate surface area is 597 Å². The molecule has 486 valence electrons. The number of rotatable bonds is 7. The molecule has 2 nitrogen and oxygen atoms in total. The molecule has 17 aromatic rings. The lowest BCUT2D eigenvalue weighted by Crippen LogP contribution is -2.17. The molecule has 0 aliphatic heterocycles. The van der Waals surface area contributed by atoms with E-state index in [1.54, 1.807) is 0 Å². The maximum atomic E-state index is 2.46. The van der Waals surface area contributed by atoms with E-state index in [-0.39, 0.29) is 21.7 Å². The molecule has 1 aromatic heterocycles. The van der Waals surface area contributed by atoms with E-state index < -0.39 is 0 Å². The molecule has 0 saturated heterocycles. The van der Waals surface area contributed by atoms with Crippen LogP contribution in [0.25, 0.3) is 138 Å². The second kappa shape index (κ2) is 21.8. The molecule has 0 fully saturated rings. The van der Waals surface area contributed by atoms with Crippen molar-refractivity contribution in [1.29, 1.82) is 0 Å². The van der Waals surface area contributed by atoms with Gasteiger partial charge in [-0.1, -0.05) is 286 Å². The van der Waals surface area contributed by atoms with Gasteiger partial charge in [-0.3, -0.25) is 0 Å². The molecular formula is C100H76N2. The minimum atomic E-state index is -0.173. The van der Waals surface area contributed by atoms with Crippen molar-refractivity contribution in [3.63, 3.8) is 0 Å². The quantitative estimate of drug-likeness (QED) is 0.144. The number of benzene rings is 16. The Morgan fingerprint density at radius 2 is 0.578 bits per heavy atom. The molecule has 0 amide bonds. The van der Waals surface area contributed by atoms with Crippen LogP contribution in [0.4, 0.5) is 17.1 Å². The highest BCUT2D eigenvalue weighted by Gasteiger charge is 2.41. The summed E-state index contributed by atoms with van der Waals surface area (Å²) in [4.78, 5) is 2.46. The summed E-state index contributed by atoms with van der Waals surface area (Å²) in [5.41, 5.74) is 36.6. The van der Waals surface area contributed by atoms with Gasteiger partial charge < -0.3 is 9.47 Å². The molecule has 0 N–H and O–H groups in total. The Balaban J connectivity index is 0.000000137. The molecule has 0 saturated carbocycles. The lowest BCUT2D eigenvalue weighted by Gasteiger charge is -2.29. The molecule has 4 aliphatic carbocycles. The largest absolute Gasteiger partial charge is 0.310 e. The predicted molar refractivity (Wildman–Crippen MR) is 432 cm³/mol. The first-order valence-corrected chi connectivity index (χ1v) is 36.3. The third kappa shape index (κ3) is 8.72. The minimum absolute atomic E-state index is 0.00771. The van der Waals surface area contributed by atoms with Gasteiger partial charge in [0.25, 0.3) is 0 Å². The number of fused-ring (bicyclic) bond motifs is 15. The SMILES string of the molecule is CC1(C)c2ccccc2-c2ccc(-c3ccc4c(c3)C(C)(C)c3cc(-c5ccc(-n6c7ccccc7c7ccccc76)cc5)ccc3-4)cc21.CC1(C)c2ccccc2-c2ccc(-c3ccc4c(c3)C(C)(C)c3cc(N(c5ccccc5)c5ccc6ccc7cccc8ccc5c6c78)ccc3-4)cc21. The first kappa shape index (κ1) is 60.1. The monoisotopic (exact) mass is 1300 g/mol. The summed E-state index contributed by atoms with van der Waals surface area (Å²) in [6.07, 6.45) is 0. The van der Waals surface area contributed by atoms with Crippen molar-refractivity contribution in [3.8, 4) is 83.6 Å². The molecule has 1 heterocycles. The standard InChI is InChI=1S/C52H39N.C48H37N/c1-51(2)44-16-9-8-15-39(44)40-24-20-35(29-45(40)51)36-21-25-41-42-27-23-38(31-47(42)52(3,4)46(41)30-36)53(37-13-6-5-7-14-37)48-28-22-34-18-17-32-11-10-12-33-19-26-43(48)50(34)49(32)33;1-47(2)41-14-8-5-11-35(41)36-25-20-32(28-42(36)47)33-21-26-38-37-24-19-31(27-43(37)48(3,4)44(38)29-33)30-17-22-34(23-18-30)49-45-15-9-6-12-39(45)40-13-7-10-16-46(40)49/h5-31H,1-4H3;5-29H,1-4H3. The van der Waals surface area contributed by atoms with E-state index in [1.165, 1.54) is 194 Å². The summed E-state index contributed by atoms with van der Waals surface area (Å²) >= 11 is 0. The summed E-state index contributed by atoms with van der Waals surface area (Å²) in [5.74, 6) is 0. The lowest BCUT2D eigenvalue weighted by molar-refractivity contribution is 0.659. The van der Waals surface area contributed by atoms with E-state index in [0.29, 0.717) is 0 Å². The van der Waals surface area contributed by atoms with Crippen LogP contribution in [0.1, 0.15) is 99.9 Å². The normalized spacial score (nSPS) is 14.8. The first-order chi connectivity index (χ1) is 49.6. The van der Waals surface area contributed by atoms with Crippen molar-refractivity contribution in [2.24, 2.45) is 0 Å². The second-order valence-corrected chi connectivity index (χ2v) is 31.2. The molecule has 16 aromatic carbocycles. The molecule has 21 rings (SSSR count). The summed E-state index contributed by atoms with van der Waals surface area (Å²) in [5, 5.41) is 10.4. The Morgan fingerprint density at radius 3 is 1.06 bits per heavy atom. The fourth-order valence-corrected chi connectivity index (χ4v) is 18.8. The fourth-order valence-electron chi connectivity index (χ4n) is 18.8. The Bertz CT molecular complexity index is 6300. The third-order valence-corrected chi connectivity index (χ3v) is 24.2. The lowest BCUT2D eigenvalue weighted by atomic mass is 9.80. The van der Waals surface area contributed by atoms with Crippen LogP contribution < -0.4 is 4.90 Å². The average Bonchev–Trinajstić information content (AvgIpc) is 1.72. The van der Waals surface area contributed by atoms with Gasteiger partial charge in [0.1, 0.15) is 0 Å². The number of para-hydroxylation sites is 3. The molecule has 2 heteroatoms. The van der Waals surface area contributed by atoms with Gasteiger partial charge >= 0.3 is 0 Å². The maximum Gasteiger partial charge on any atom is 0.0541 e. The zero-order valence-electron chi connectivity index (χ0n) is 58.9. The zero-order chi connectivity index (χ0) is 68.7. The van der Waals surface area contributed by atoms with Crippen LogP contribution in [-0.4, -0.2) is 4.57 Å². The van der Waals surface area contributed by atoms with E-state index in [1.807, 2.05) is 0 Å². The minimum Gasteiger partial charge on any atom is -0.310 e. The van der Waals surface area contributed by atoms with Gasteiger partial charge in [0, 0.05) is 54.9 Å². The maximum absolute atomic E-state index is 2.46. The molecule has 0 spiro atoms. The van der Waals surface area contributed by atoms with Gasteiger partial charge in [0.2, 0.25) is 0 Å². The average molecular weight is 1310 g/mol. The van der Waals surface area contributed by atoms with Gasteiger partial charge in [0.15, 0.2) is 0 Å². The van der Waals surface area contributed by atoms with Crippen molar-refractivity contribution < 1.29 is 0 Å². The van der Waals surface area contributed by atoms with Crippen LogP contribution in [0.5, 0.6) is 0 Å². The Morgan fingerprint density at radius 1 is 0.225 bits per heavy atom. The van der Waals surface area contributed by atoms with E-state index in [0.717, 1.165) is 5.69 Å². The molecule has 102 heavy (non-hydrogen) atoms. The van der Waals surface area contributed by atoms with Crippen LogP contribution >= 0.6 is 0 Å². The van der Waals surface area contributed by atoms with Gasteiger partial charge in [0.05, 0.1) is 16.7 Å². The number of hydrogen-bond acceptors (Lipinski definition) is 1. The van der Waals surface area contributed by atoms with Gasteiger partial charge in [-0.2, -0.15) is 0 Å². The van der Waals surface area contributed by atoms with Gasteiger partial charge in [-0.05, 0) is 234 Å². The van der Waals surface area contributed by atoms with Crippen LogP contribution in [0.2, 0.25) is 0 Å². The van der Waals surface area contributed by atoms with Gasteiger partial charge in [-0.15, -0.1) is 0 Å². The number of anilines is 3. The van der Waals surface area contributed by atoms with Crippen molar-refractivity contribution in [2.75, 3.05) is 4.90 Å². The highest BCUT2D eigenvalue weighted by atomic mass is 15.1. The van der Waals surface area contributed by atoms with Gasteiger partial charge in [-0.25, -0.2) is 0 Å². The summed E-state index contributed by atoms with van der Waals surface area (Å²) in [7, 11) is 0. The molecule has 0 unspecified atom stereocenters. The van der Waals surface area contributed by atoms with E-state index in [9.17, 15) is 0 Å². The predicted octanol–water partition coefficient (Wildman–Crippen LogP) is 27.1. The van der Waals surface area contributed by atoms with E-state index in [4.69, 9.17) is 0 Å². The molecule has 4 aliphatic rings. The third-order valence-electron chi connectivity index (χ3n) is 24.2. The first-order valence-electron chi connectivity index (χ1n) is 36.3. The summed E-state index contributed by atoms with van der Waals surface area (Å²) in [6, 6.07) is 118. The van der Waals surface area contributed by atoms with Crippen LogP contribution in [-0.2, 0) is 21.7 Å². The molecule has 0 radical (unpaired) electrons. The summed E-state index contributed by atoms with van der Waals surface area (Å²) in [6.45, 7) is 19.0. The Kier molecular flexibility index (Phi) is 12.9. The zero-order valence-corrected chi connectivity index (χ0v) is 58.9. The van der Waals surface area contributed by atoms with Crippen LogP contribution in [0.3, 0.4) is 0 Å².